The Morgan fingerprint density at radius 1 is 0.931 bits per heavy atom. The Hall–Kier alpha value is -2.02. The zero-order valence-electron chi connectivity index (χ0n) is 17.3. The van der Waals surface area contributed by atoms with Gasteiger partial charge in [0.25, 0.3) is 0 Å². The van der Waals surface area contributed by atoms with Crippen molar-refractivity contribution in [2.45, 2.75) is 50.7 Å². The molecule has 2 aromatic carbocycles. The molecule has 0 unspecified atom stereocenters. The quantitative estimate of drug-likeness (QED) is 0.729. The molecule has 6 heteroatoms. The van der Waals surface area contributed by atoms with Gasteiger partial charge < -0.3 is 14.0 Å². The molecular weight excluding hydrogens is 370 g/mol. The lowest BCUT2D eigenvalue weighted by Gasteiger charge is -2.40. The van der Waals surface area contributed by atoms with E-state index >= 15 is 0 Å². The molecule has 29 heavy (non-hydrogen) atoms. The monoisotopic (exact) mass is 396 g/mol. The maximum Gasteiger partial charge on any atom is 0.494 e. The first-order chi connectivity index (χ1) is 13.6. The number of carbonyl (C=O) groups excluding carboxylic acids is 1. The Bertz CT molecular complexity index is 885. The summed E-state index contributed by atoms with van der Waals surface area (Å²) in [5, 5.41) is 0. The van der Waals surface area contributed by atoms with Gasteiger partial charge in [0.05, 0.1) is 24.4 Å². The van der Waals surface area contributed by atoms with Crippen LogP contribution in [0.15, 0.2) is 48.5 Å². The van der Waals surface area contributed by atoms with Gasteiger partial charge in [-0.25, -0.2) is 4.39 Å². The van der Waals surface area contributed by atoms with Crippen LogP contribution in [0, 0.1) is 5.82 Å². The number of benzene rings is 2. The molecule has 2 fully saturated rings. The fraction of sp³-hybridized carbons (Fsp3) is 0.435. The number of halogens is 1. The zero-order valence-corrected chi connectivity index (χ0v) is 17.3. The van der Waals surface area contributed by atoms with E-state index in [2.05, 4.69) is 0 Å². The van der Waals surface area contributed by atoms with E-state index in [1.54, 1.807) is 12.1 Å². The standard InChI is InChI=1S/C23H26BFO4/c1-21(2)22(3,4)29-24(28-21)18-9-7-17(8-10-18)23(14-27-15-23)20(26)13-16-5-11-19(25)12-6-16/h5-12H,13-15H2,1-4H3. The van der Waals surface area contributed by atoms with Crippen LogP contribution in [0.25, 0.3) is 0 Å². The minimum atomic E-state index is -0.650. The van der Waals surface area contributed by atoms with Crippen molar-refractivity contribution in [1.82, 2.24) is 0 Å². The van der Waals surface area contributed by atoms with Crippen molar-refractivity contribution in [3.63, 3.8) is 0 Å². The largest absolute Gasteiger partial charge is 0.494 e. The molecule has 4 rings (SSSR count). The molecule has 0 amide bonds. The van der Waals surface area contributed by atoms with Gasteiger partial charge in [-0.2, -0.15) is 0 Å². The molecule has 0 saturated carbocycles. The molecule has 152 valence electrons. The van der Waals surface area contributed by atoms with Gasteiger partial charge in [-0.15, -0.1) is 0 Å². The van der Waals surface area contributed by atoms with Crippen molar-refractivity contribution in [3.05, 3.63) is 65.5 Å². The van der Waals surface area contributed by atoms with Gasteiger partial charge in [0.2, 0.25) is 0 Å². The highest BCUT2D eigenvalue weighted by atomic mass is 19.1. The number of ketones is 1. The third-order valence-corrected chi connectivity index (χ3v) is 6.50. The summed E-state index contributed by atoms with van der Waals surface area (Å²) in [6.07, 6.45) is 0.253. The third kappa shape index (κ3) is 3.54. The zero-order chi connectivity index (χ0) is 20.9. The van der Waals surface area contributed by atoms with E-state index in [1.165, 1.54) is 12.1 Å². The van der Waals surface area contributed by atoms with E-state index in [1.807, 2.05) is 52.0 Å². The smallest absolute Gasteiger partial charge is 0.399 e. The first-order valence-electron chi connectivity index (χ1n) is 9.95. The van der Waals surface area contributed by atoms with Crippen molar-refractivity contribution >= 4 is 18.4 Å². The van der Waals surface area contributed by atoms with Crippen molar-refractivity contribution in [3.8, 4) is 0 Å². The second-order valence-electron chi connectivity index (χ2n) is 9.01. The summed E-state index contributed by atoms with van der Waals surface area (Å²) in [7, 11) is -0.433. The molecule has 0 spiro atoms. The molecule has 4 nitrogen and oxygen atoms in total. The molecular formula is C23H26BFO4. The molecule has 2 heterocycles. The predicted molar refractivity (Wildman–Crippen MR) is 110 cm³/mol. The Balaban J connectivity index is 1.52. The van der Waals surface area contributed by atoms with E-state index in [-0.39, 0.29) is 18.0 Å². The van der Waals surface area contributed by atoms with Gasteiger partial charge in [-0.3, -0.25) is 4.79 Å². The summed E-state index contributed by atoms with van der Waals surface area (Å²) in [4.78, 5) is 13.1. The summed E-state index contributed by atoms with van der Waals surface area (Å²) in [6.45, 7) is 8.82. The molecule has 0 atom stereocenters. The minimum Gasteiger partial charge on any atom is -0.399 e. The van der Waals surface area contributed by atoms with Gasteiger partial charge in [0, 0.05) is 6.42 Å². The van der Waals surface area contributed by atoms with E-state index in [4.69, 9.17) is 14.0 Å². The van der Waals surface area contributed by atoms with Crippen molar-refractivity contribution in [2.75, 3.05) is 13.2 Å². The van der Waals surface area contributed by atoms with Gasteiger partial charge in [0.15, 0.2) is 5.78 Å². The van der Waals surface area contributed by atoms with Crippen LogP contribution >= 0.6 is 0 Å². The lowest BCUT2D eigenvalue weighted by Crippen LogP contribution is -2.53. The minimum absolute atomic E-state index is 0.0822. The highest BCUT2D eigenvalue weighted by Crippen LogP contribution is 2.37. The van der Waals surface area contributed by atoms with Crippen molar-refractivity contribution in [1.29, 1.82) is 0 Å². The molecule has 2 saturated heterocycles. The second-order valence-corrected chi connectivity index (χ2v) is 9.01. The summed E-state index contributed by atoms with van der Waals surface area (Å²) < 4.78 is 30.8. The molecule has 0 aromatic heterocycles. The van der Waals surface area contributed by atoms with Crippen LogP contribution in [-0.4, -0.2) is 37.3 Å². The molecule has 0 radical (unpaired) electrons. The van der Waals surface area contributed by atoms with E-state index < -0.39 is 23.7 Å². The van der Waals surface area contributed by atoms with Gasteiger partial charge in [-0.05, 0) is 56.4 Å². The predicted octanol–water partition coefficient (Wildman–Crippen LogP) is 3.20. The fourth-order valence-electron chi connectivity index (χ4n) is 3.69. The first kappa shape index (κ1) is 20.3. The van der Waals surface area contributed by atoms with E-state index in [0.717, 1.165) is 16.6 Å². The van der Waals surface area contributed by atoms with Crippen LogP contribution in [0.1, 0.15) is 38.8 Å². The fourth-order valence-corrected chi connectivity index (χ4v) is 3.69. The number of hydrogen-bond acceptors (Lipinski definition) is 4. The van der Waals surface area contributed by atoms with Crippen LogP contribution in [0.5, 0.6) is 0 Å². The van der Waals surface area contributed by atoms with Gasteiger partial charge in [-0.1, -0.05) is 36.4 Å². The third-order valence-electron chi connectivity index (χ3n) is 6.50. The summed E-state index contributed by atoms with van der Waals surface area (Å²) >= 11 is 0. The SMILES string of the molecule is CC1(C)OB(c2ccc(C3(C(=O)Cc4ccc(F)cc4)COC3)cc2)OC1(C)C. The molecule has 2 aliphatic rings. The van der Waals surface area contributed by atoms with Gasteiger partial charge >= 0.3 is 7.12 Å². The Kier molecular flexibility index (Phi) is 4.92. The number of carbonyl (C=O) groups is 1. The van der Waals surface area contributed by atoms with Crippen LogP contribution in [-0.2, 0) is 30.7 Å². The summed E-state index contributed by atoms with van der Waals surface area (Å²) in [5.74, 6) is -0.222. The maximum absolute atomic E-state index is 13.1. The molecule has 2 aromatic rings. The average Bonchev–Trinajstić information content (AvgIpc) is 2.84. The van der Waals surface area contributed by atoms with E-state index in [0.29, 0.717) is 13.2 Å². The second kappa shape index (κ2) is 7.04. The Labute approximate surface area is 171 Å². The molecule has 2 aliphatic heterocycles. The highest BCUT2D eigenvalue weighted by molar-refractivity contribution is 6.62. The molecule has 0 bridgehead atoms. The number of ether oxygens (including phenoxy) is 1. The number of Topliss-reactive ketones (excluding diaryl/α,β-unsaturated/α-hetero) is 1. The van der Waals surface area contributed by atoms with Crippen molar-refractivity contribution in [2.24, 2.45) is 0 Å². The van der Waals surface area contributed by atoms with Crippen LogP contribution < -0.4 is 5.46 Å². The molecule has 0 N–H and O–H groups in total. The van der Waals surface area contributed by atoms with E-state index in [9.17, 15) is 9.18 Å². The number of rotatable bonds is 5. The van der Waals surface area contributed by atoms with Crippen molar-refractivity contribution < 1.29 is 23.2 Å². The summed E-state index contributed by atoms with van der Waals surface area (Å²) in [6, 6.07) is 13.9. The Morgan fingerprint density at radius 3 is 1.97 bits per heavy atom. The van der Waals surface area contributed by atoms with Gasteiger partial charge in [0.1, 0.15) is 11.2 Å². The highest BCUT2D eigenvalue weighted by Gasteiger charge is 2.52. The van der Waals surface area contributed by atoms with Crippen LogP contribution in [0.4, 0.5) is 4.39 Å². The topological polar surface area (TPSA) is 44.8 Å². The summed E-state index contributed by atoms with van der Waals surface area (Å²) in [5.41, 5.74) is 1.21. The first-order valence-corrected chi connectivity index (χ1v) is 9.95. The van der Waals surface area contributed by atoms with Crippen LogP contribution in [0.3, 0.4) is 0 Å². The Morgan fingerprint density at radius 2 is 1.48 bits per heavy atom. The lowest BCUT2D eigenvalue weighted by molar-refractivity contribution is -0.142. The number of hydrogen-bond donors (Lipinski definition) is 0. The lowest BCUT2D eigenvalue weighted by atomic mass is 9.71. The molecule has 0 aliphatic carbocycles. The maximum atomic E-state index is 13.1. The average molecular weight is 396 g/mol. The van der Waals surface area contributed by atoms with Crippen LogP contribution in [0.2, 0.25) is 0 Å². The normalized spacial score (nSPS) is 21.6.